The van der Waals surface area contributed by atoms with Crippen LogP contribution in [-0.4, -0.2) is 0 Å². The Kier molecular flexibility index (Phi) is 6.19. The summed E-state index contributed by atoms with van der Waals surface area (Å²) in [5.74, 6) is -0.209. The zero-order valence-electron chi connectivity index (χ0n) is 15.8. The molecule has 1 aliphatic rings. The second-order valence-electron chi connectivity index (χ2n) is 6.95. The number of dihydropyridines is 1. The molecule has 1 heterocycles. The van der Waals surface area contributed by atoms with Gasteiger partial charge in [-0.3, -0.25) is 0 Å². The van der Waals surface area contributed by atoms with Crippen molar-refractivity contribution in [1.82, 2.24) is 5.32 Å². The van der Waals surface area contributed by atoms with Crippen LogP contribution in [0.3, 0.4) is 0 Å². The van der Waals surface area contributed by atoms with E-state index in [-0.39, 0.29) is 17.3 Å². The number of benzene rings is 2. The van der Waals surface area contributed by atoms with Crippen molar-refractivity contribution in [2.75, 3.05) is 0 Å². The lowest BCUT2D eigenvalue weighted by molar-refractivity contribution is 0.572. The Bertz CT molecular complexity index is 748. The van der Waals surface area contributed by atoms with E-state index >= 15 is 0 Å². The predicted octanol–water partition coefficient (Wildman–Crippen LogP) is 6.39. The highest BCUT2D eigenvalue weighted by atomic mass is 19.1. The standard InChI is InChI=1S/C21H22FN.C2H6/c1-21(2,3)19-7-5-4-6-18(19)20-13-10-16(14-23-20)15-8-11-17(22)12-9-15;1-2/h4-14,20,23H,1-3H3;1-2H3. The summed E-state index contributed by atoms with van der Waals surface area (Å²) in [6.07, 6.45) is 6.29. The average molecular weight is 337 g/mol. The van der Waals surface area contributed by atoms with Crippen molar-refractivity contribution >= 4 is 5.57 Å². The highest BCUT2D eigenvalue weighted by Gasteiger charge is 2.21. The molecule has 0 aromatic heterocycles. The summed E-state index contributed by atoms with van der Waals surface area (Å²) in [5, 5.41) is 3.47. The van der Waals surface area contributed by atoms with Crippen LogP contribution in [0.1, 0.15) is 57.4 Å². The monoisotopic (exact) mass is 337 g/mol. The molecule has 25 heavy (non-hydrogen) atoms. The van der Waals surface area contributed by atoms with E-state index in [1.54, 1.807) is 12.1 Å². The molecule has 0 amide bonds. The maximum atomic E-state index is 13.0. The van der Waals surface area contributed by atoms with E-state index in [0.717, 1.165) is 11.1 Å². The maximum Gasteiger partial charge on any atom is 0.123 e. The number of rotatable bonds is 2. The minimum absolute atomic E-state index is 0.104. The van der Waals surface area contributed by atoms with Gasteiger partial charge in [0.05, 0.1) is 6.04 Å². The van der Waals surface area contributed by atoms with Gasteiger partial charge in [-0.25, -0.2) is 4.39 Å². The molecule has 0 saturated carbocycles. The lowest BCUT2D eigenvalue weighted by Crippen LogP contribution is -2.22. The third-order valence-corrected chi connectivity index (χ3v) is 4.17. The molecule has 3 rings (SSSR count). The van der Waals surface area contributed by atoms with Gasteiger partial charge in [0.15, 0.2) is 0 Å². The van der Waals surface area contributed by atoms with Gasteiger partial charge in [-0.15, -0.1) is 0 Å². The molecule has 0 radical (unpaired) electrons. The largest absolute Gasteiger partial charge is 0.380 e. The molecule has 1 aliphatic heterocycles. The van der Waals surface area contributed by atoms with Crippen LogP contribution in [0, 0.1) is 5.82 Å². The van der Waals surface area contributed by atoms with E-state index in [1.807, 2.05) is 20.0 Å². The number of hydrogen-bond donors (Lipinski definition) is 1. The van der Waals surface area contributed by atoms with E-state index in [2.05, 4.69) is 62.5 Å². The van der Waals surface area contributed by atoms with Crippen LogP contribution in [0.2, 0.25) is 0 Å². The molecular formula is C23H28FN. The van der Waals surface area contributed by atoms with Crippen molar-refractivity contribution in [3.05, 3.63) is 89.4 Å². The number of halogens is 1. The fraction of sp³-hybridized carbons (Fsp3) is 0.304. The van der Waals surface area contributed by atoms with Gasteiger partial charge in [-0.05, 0) is 39.8 Å². The normalized spacial score (nSPS) is 16.4. The van der Waals surface area contributed by atoms with Crippen LogP contribution in [0.25, 0.3) is 5.57 Å². The Morgan fingerprint density at radius 3 is 2.12 bits per heavy atom. The summed E-state index contributed by atoms with van der Waals surface area (Å²) in [6, 6.07) is 15.3. The molecule has 2 aromatic carbocycles. The van der Waals surface area contributed by atoms with Crippen LogP contribution in [-0.2, 0) is 5.41 Å². The highest BCUT2D eigenvalue weighted by Crippen LogP contribution is 2.32. The molecular weight excluding hydrogens is 309 g/mol. The molecule has 2 aromatic rings. The summed E-state index contributed by atoms with van der Waals surface area (Å²) >= 11 is 0. The van der Waals surface area contributed by atoms with Crippen molar-refractivity contribution in [3.8, 4) is 0 Å². The third kappa shape index (κ3) is 4.60. The van der Waals surface area contributed by atoms with E-state index in [0.29, 0.717) is 0 Å². The number of allylic oxidation sites excluding steroid dienone is 2. The van der Waals surface area contributed by atoms with Gasteiger partial charge in [-0.1, -0.05) is 83.2 Å². The van der Waals surface area contributed by atoms with Crippen LogP contribution >= 0.6 is 0 Å². The Hall–Kier alpha value is -2.35. The quantitative estimate of drug-likeness (QED) is 0.669. The Labute approximate surface area is 151 Å². The van der Waals surface area contributed by atoms with Crippen LogP contribution < -0.4 is 5.32 Å². The topological polar surface area (TPSA) is 12.0 Å². The van der Waals surface area contributed by atoms with Crippen molar-refractivity contribution in [1.29, 1.82) is 0 Å². The lowest BCUT2D eigenvalue weighted by atomic mass is 9.81. The first-order chi connectivity index (χ1) is 11.9. The first kappa shape index (κ1) is 19.0. The van der Waals surface area contributed by atoms with Gasteiger partial charge in [-0.2, -0.15) is 0 Å². The summed E-state index contributed by atoms with van der Waals surface area (Å²) in [4.78, 5) is 0. The van der Waals surface area contributed by atoms with Crippen LogP contribution in [0.4, 0.5) is 4.39 Å². The highest BCUT2D eigenvalue weighted by molar-refractivity contribution is 5.75. The summed E-state index contributed by atoms with van der Waals surface area (Å²) in [6.45, 7) is 10.7. The minimum atomic E-state index is -0.209. The molecule has 0 saturated heterocycles. The second-order valence-corrected chi connectivity index (χ2v) is 6.95. The number of hydrogen-bond acceptors (Lipinski definition) is 1. The Morgan fingerprint density at radius 2 is 1.56 bits per heavy atom. The molecule has 0 spiro atoms. The van der Waals surface area contributed by atoms with Crippen molar-refractivity contribution < 1.29 is 4.39 Å². The molecule has 0 bridgehead atoms. The molecule has 132 valence electrons. The smallest absolute Gasteiger partial charge is 0.123 e. The van der Waals surface area contributed by atoms with Gasteiger partial charge in [0.1, 0.15) is 5.82 Å². The first-order valence-corrected chi connectivity index (χ1v) is 8.95. The zero-order chi connectivity index (χ0) is 18.4. The SMILES string of the molecule is CC.CC(C)(C)c1ccccc1C1C=CC(c2ccc(F)cc2)=CN1. The molecule has 2 heteroatoms. The number of nitrogens with one attached hydrogen (secondary N) is 1. The Balaban J connectivity index is 0.00000109. The fourth-order valence-corrected chi connectivity index (χ4v) is 2.95. The fourth-order valence-electron chi connectivity index (χ4n) is 2.95. The molecule has 1 unspecified atom stereocenters. The Morgan fingerprint density at radius 1 is 0.920 bits per heavy atom. The van der Waals surface area contributed by atoms with E-state index in [4.69, 9.17) is 0 Å². The second kappa shape index (κ2) is 8.15. The van der Waals surface area contributed by atoms with E-state index in [1.165, 1.54) is 23.3 Å². The minimum Gasteiger partial charge on any atom is -0.380 e. The summed E-state index contributed by atoms with van der Waals surface area (Å²) in [5.41, 5.74) is 4.83. The maximum absolute atomic E-state index is 13.0. The van der Waals surface area contributed by atoms with Gasteiger partial charge < -0.3 is 5.32 Å². The predicted molar refractivity (Wildman–Crippen MR) is 106 cm³/mol. The summed E-state index contributed by atoms with van der Waals surface area (Å²) in [7, 11) is 0. The van der Waals surface area contributed by atoms with Crippen molar-refractivity contribution in [3.63, 3.8) is 0 Å². The first-order valence-electron chi connectivity index (χ1n) is 8.95. The molecule has 1 N–H and O–H groups in total. The van der Waals surface area contributed by atoms with Gasteiger partial charge in [0, 0.05) is 6.20 Å². The van der Waals surface area contributed by atoms with E-state index < -0.39 is 0 Å². The molecule has 1 atom stereocenters. The van der Waals surface area contributed by atoms with Crippen molar-refractivity contribution in [2.24, 2.45) is 0 Å². The van der Waals surface area contributed by atoms with Gasteiger partial charge >= 0.3 is 0 Å². The average Bonchev–Trinajstić information content (AvgIpc) is 2.63. The molecule has 0 aliphatic carbocycles. The van der Waals surface area contributed by atoms with Crippen LogP contribution in [0.5, 0.6) is 0 Å². The summed E-state index contributed by atoms with van der Waals surface area (Å²) < 4.78 is 13.0. The van der Waals surface area contributed by atoms with Gasteiger partial charge in [0.25, 0.3) is 0 Å². The third-order valence-electron chi connectivity index (χ3n) is 4.17. The van der Waals surface area contributed by atoms with Gasteiger partial charge in [0.2, 0.25) is 0 Å². The van der Waals surface area contributed by atoms with Crippen LogP contribution in [0.15, 0.2) is 66.9 Å². The van der Waals surface area contributed by atoms with Crippen molar-refractivity contribution in [2.45, 2.75) is 46.1 Å². The van der Waals surface area contributed by atoms with E-state index in [9.17, 15) is 4.39 Å². The molecule has 0 fully saturated rings. The lowest BCUT2D eigenvalue weighted by Gasteiger charge is -2.28. The molecule has 1 nitrogen and oxygen atoms in total. The zero-order valence-corrected chi connectivity index (χ0v) is 15.8.